The molecule has 0 bridgehead atoms. The molecule has 2 N–H and O–H groups in total. The number of anilines is 2. The number of urea groups is 1. The predicted octanol–water partition coefficient (Wildman–Crippen LogP) is 3.46. The van der Waals surface area contributed by atoms with Gasteiger partial charge in [0.1, 0.15) is 10.6 Å². The Kier molecular flexibility index (Phi) is 6.21. The zero-order valence-electron chi connectivity index (χ0n) is 20.5. The minimum absolute atomic E-state index is 0.118. The van der Waals surface area contributed by atoms with Gasteiger partial charge in [0.25, 0.3) is 0 Å². The molecule has 1 atom stereocenters. The molecule has 0 radical (unpaired) electrons. The van der Waals surface area contributed by atoms with Gasteiger partial charge in [0, 0.05) is 29.9 Å². The Morgan fingerprint density at radius 1 is 1.17 bits per heavy atom. The van der Waals surface area contributed by atoms with Crippen LogP contribution in [-0.2, 0) is 19.3 Å². The van der Waals surface area contributed by atoms with Gasteiger partial charge in [0.05, 0.1) is 30.2 Å². The van der Waals surface area contributed by atoms with Crippen molar-refractivity contribution in [3.63, 3.8) is 0 Å². The van der Waals surface area contributed by atoms with Crippen molar-refractivity contribution in [2.75, 3.05) is 30.0 Å². The zero-order valence-corrected chi connectivity index (χ0v) is 21.3. The van der Waals surface area contributed by atoms with Crippen molar-refractivity contribution in [2.45, 2.75) is 68.5 Å². The van der Waals surface area contributed by atoms with Crippen molar-refractivity contribution in [1.82, 2.24) is 15.3 Å². The molecule has 188 valence electrons. The van der Waals surface area contributed by atoms with Crippen molar-refractivity contribution in [3.8, 4) is 11.4 Å². The fourth-order valence-corrected chi connectivity index (χ4v) is 6.52. The molecule has 3 aliphatic rings. The summed E-state index contributed by atoms with van der Waals surface area (Å²) in [7, 11) is -3.39. The lowest BCUT2D eigenvalue weighted by Gasteiger charge is -2.35. The molecular weight excluding hydrogens is 466 g/mol. The van der Waals surface area contributed by atoms with Crippen LogP contribution in [0.25, 0.3) is 11.4 Å². The Labute approximate surface area is 206 Å². The lowest BCUT2D eigenvalue weighted by molar-refractivity contribution is 0.0985. The standard InChI is InChI=1S/C25H33N5O4S/c1-16(2)35(32,33)25(10-11-25)21-14-22(30-12-13-34-15-17(30)3)29-23(28-21)18-4-6-19(7-5-18)26-24(31)27-20-8-9-20/h4-7,14,16-17,20H,8-13,15H2,1-3H3,(H2,26,27,31)/t17-/m0/s1. The molecule has 2 saturated carbocycles. The number of hydrogen-bond donors (Lipinski definition) is 2. The van der Waals surface area contributed by atoms with Crippen molar-refractivity contribution in [2.24, 2.45) is 0 Å². The summed E-state index contributed by atoms with van der Waals surface area (Å²) in [6.07, 6.45) is 3.19. The third-order valence-electron chi connectivity index (χ3n) is 7.02. The van der Waals surface area contributed by atoms with Gasteiger partial charge in [0.15, 0.2) is 15.7 Å². The van der Waals surface area contributed by atoms with Gasteiger partial charge >= 0.3 is 6.03 Å². The first-order chi connectivity index (χ1) is 16.7. The molecule has 0 unspecified atom stereocenters. The summed E-state index contributed by atoms with van der Waals surface area (Å²) in [5.74, 6) is 1.20. The summed E-state index contributed by atoms with van der Waals surface area (Å²) in [6.45, 7) is 7.40. The minimum Gasteiger partial charge on any atom is -0.377 e. The van der Waals surface area contributed by atoms with Gasteiger partial charge in [-0.25, -0.2) is 23.2 Å². The highest BCUT2D eigenvalue weighted by Gasteiger charge is 2.58. The quantitative estimate of drug-likeness (QED) is 0.600. The van der Waals surface area contributed by atoms with E-state index in [4.69, 9.17) is 14.7 Å². The number of aromatic nitrogens is 2. The van der Waals surface area contributed by atoms with Crippen LogP contribution in [0.5, 0.6) is 0 Å². The monoisotopic (exact) mass is 499 g/mol. The summed E-state index contributed by atoms with van der Waals surface area (Å²) >= 11 is 0. The lowest BCUT2D eigenvalue weighted by Crippen LogP contribution is -2.44. The van der Waals surface area contributed by atoms with E-state index < -0.39 is 19.8 Å². The fourth-order valence-electron chi connectivity index (χ4n) is 4.55. The molecule has 2 aliphatic carbocycles. The third-order valence-corrected chi connectivity index (χ3v) is 9.97. The number of ether oxygens (including phenoxy) is 1. The molecule has 3 fully saturated rings. The van der Waals surface area contributed by atoms with Gasteiger partial charge < -0.3 is 20.3 Å². The molecule has 10 heteroatoms. The van der Waals surface area contributed by atoms with E-state index in [0.717, 1.165) is 24.2 Å². The third kappa shape index (κ3) is 4.73. The van der Waals surface area contributed by atoms with Crippen molar-refractivity contribution < 1.29 is 17.9 Å². The lowest BCUT2D eigenvalue weighted by atomic mass is 10.1. The maximum atomic E-state index is 13.3. The SMILES string of the molecule is CC(C)S(=O)(=O)C1(c2cc(N3CCOC[C@@H]3C)nc(-c3ccc(NC(=O)NC4CC4)cc3)n2)CC1. The second-order valence-electron chi connectivity index (χ2n) is 10.1. The highest BCUT2D eigenvalue weighted by Crippen LogP contribution is 2.54. The molecule has 1 aromatic heterocycles. The first kappa shape index (κ1) is 24.0. The van der Waals surface area contributed by atoms with Crippen LogP contribution in [0.4, 0.5) is 16.3 Å². The minimum atomic E-state index is -3.39. The molecular formula is C25H33N5O4S. The Morgan fingerprint density at radius 3 is 2.49 bits per heavy atom. The van der Waals surface area contributed by atoms with E-state index in [0.29, 0.717) is 49.8 Å². The van der Waals surface area contributed by atoms with Crippen LogP contribution >= 0.6 is 0 Å². The highest BCUT2D eigenvalue weighted by molar-refractivity contribution is 7.93. The Balaban J connectivity index is 1.50. The van der Waals surface area contributed by atoms with E-state index >= 15 is 0 Å². The van der Waals surface area contributed by atoms with Crippen LogP contribution < -0.4 is 15.5 Å². The van der Waals surface area contributed by atoms with Crippen molar-refractivity contribution in [3.05, 3.63) is 36.0 Å². The van der Waals surface area contributed by atoms with E-state index in [1.807, 2.05) is 30.3 Å². The molecule has 9 nitrogen and oxygen atoms in total. The number of sulfone groups is 1. The highest BCUT2D eigenvalue weighted by atomic mass is 32.2. The Bertz CT molecular complexity index is 1210. The molecule has 35 heavy (non-hydrogen) atoms. The molecule has 2 heterocycles. The summed E-state index contributed by atoms with van der Waals surface area (Å²) in [5.41, 5.74) is 2.00. The number of hydrogen-bond acceptors (Lipinski definition) is 7. The number of rotatable bonds is 7. The molecule has 2 aromatic rings. The summed E-state index contributed by atoms with van der Waals surface area (Å²) in [6, 6.07) is 9.38. The van der Waals surface area contributed by atoms with Crippen LogP contribution in [0.3, 0.4) is 0 Å². The number of benzene rings is 1. The van der Waals surface area contributed by atoms with Crippen LogP contribution in [-0.4, -0.2) is 61.5 Å². The first-order valence-corrected chi connectivity index (χ1v) is 13.9. The van der Waals surface area contributed by atoms with Gasteiger partial charge in [-0.3, -0.25) is 0 Å². The van der Waals surface area contributed by atoms with Crippen molar-refractivity contribution >= 4 is 27.4 Å². The molecule has 2 amide bonds. The number of nitrogens with zero attached hydrogens (tertiary/aromatic N) is 3. The summed E-state index contributed by atoms with van der Waals surface area (Å²) in [4.78, 5) is 23.9. The van der Waals surface area contributed by atoms with Crippen molar-refractivity contribution in [1.29, 1.82) is 0 Å². The van der Waals surface area contributed by atoms with Gasteiger partial charge in [-0.2, -0.15) is 0 Å². The maximum Gasteiger partial charge on any atom is 0.319 e. The van der Waals surface area contributed by atoms with E-state index in [1.54, 1.807) is 13.8 Å². The fraction of sp³-hybridized carbons (Fsp3) is 0.560. The van der Waals surface area contributed by atoms with Gasteiger partial charge in [-0.15, -0.1) is 0 Å². The number of carbonyl (C=O) groups is 1. The average molecular weight is 500 g/mol. The van der Waals surface area contributed by atoms with E-state index in [1.165, 1.54) is 0 Å². The van der Waals surface area contributed by atoms with Gasteiger partial charge in [-0.05, 0) is 70.7 Å². The number of nitrogens with one attached hydrogen (secondary N) is 2. The first-order valence-electron chi connectivity index (χ1n) is 12.3. The number of amides is 2. The summed E-state index contributed by atoms with van der Waals surface area (Å²) in [5, 5.41) is 5.27. The molecule has 1 aromatic carbocycles. The van der Waals surface area contributed by atoms with E-state index in [9.17, 15) is 13.2 Å². The van der Waals surface area contributed by atoms with Gasteiger partial charge in [0.2, 0.25) is 0 Å². The number of morpholine rings is 1. The molecule has 0 spiro atoms. The molecule has 1 aliphatic heterocycles. The predicted molar refractivity (Wildman–Crippen MR) is 135 cm³/mol. The Morgan fingerprint density at radius 2 is 1.89 bits per heavy atom. The second-order valence-corrected chi connectivity index (χ2v) is 12.9. The normalized spacial score (nSPS) is 21.6. The summed E-state index contributed by atoms with van der Waals surface area (Å²) < 4.78 is 31.2. The van der Waals surface area contributed by atoms with E-state index in [2.05, 4.69) is 22.5 Å². The van der Waals surface area contributed by atoms with E-state index in [-0.39, 0.29) is 18.1 Å². The number of carbonyl (C=O) groups excluding carboxylic acids is 1. The largest absolute Gasteiger partial charge is 0.377 e. The molecule has 5 rings (SSSR count). The zero-order chi connectivity index (χ0) is 24.8. The smallest absolute Gasteiger partial charge is 0.319 e. The second kappa shape index (κ2) is 9.05. The van der Waals surface area contributed by atoms with Crippen LogP contribution in [0, 0.1) is 0 Å². The van der Waals surface area contributed by atoms with Crippen LogP contribution in [0.1, 0.15) is 52.1 Å². The molecule has 1 saturated heterocycles. The van der Waals surface area contributed by atoms with Gasteiger partial charge in [-0.1, -0.05) is 0 Å². The maximum absolute atomic E-state index is 13.3. The topological polar surface area (TPSA) is 114 Å². The average Bonchev–Trinajstić information content (AvgIpc) is 3.75. The van der Waals surface area contributed by atoms with Crippen LogP contribution in [0.15, 0.2) is 30.3 Å². The van der Waals surface area contributed by atoms with Crippen LogP contribution in [0.2, 0.25) is 0 Å². The Hall–Kier alpha value is -2.72.